The average molecular weight is 326 g/mol. The highest BCUT2D eigenvalue weighted by Crippen LogP contribution is 2.22. The predicted molar refractivity (Wildman–Crippen MR) is 77.7 cm³/mol. The van der Waals surface area contributed by atoms with Crippen LogP contribution in [-0.2, 0) is 16.4 Å². The topological polar surface area (TPSA) is 92.1 Å². The monoisotopic (exact) mass is 325 g/mol. The van der Waals surface area contributed by atoms with Gasteiger partial charge >= 0.3 is 0 Å². The van der Waals surface area contributed by atoms with E-state index in [0.29, 0.717) is 17.9 Å². The third kappa shape index (κ3) is 2.78. The van der Waals surface area contributed by atoms with E-state index in [0.717, 1.165) is 0 Å². The van der Waals surface area contributed by atoms with E-state index >= 15 is 0 Å². The lowest BCUT2D eigenvalue weighted by atomic mass is 10.4. The van der Waals surface area contributed by atoms with Crippen LogP contribution in [0.3, 0.4) is 0 Å². The van der Waals surface area contributed by atoms with Gasteiger partial charge < -0.3 is 4.98 Å². The van der Waals surface area contributed by atoms with Crippen LogP contribution in [0.4, 0.5) is 0 Å². The van der Waals surface area contributed by atoms with Gasteiger partial charge in [0.2, 0.25) is 0 Å². The van der Waals surface area contributed by atoms with Crippen LogP contribution in [0.5, 0.6) is 0 Å². The fourth-order valence-corrected chi connectivity index (χ4v) is 3.66. The van der Waals surface area contributed by atoms with Crippen LogP contribution in [0.2, 0.25) is 5.15 Å². The number of rotatable bonds is 5. The number of halogens is 1. The minimum atomic E-state index is -3.75. The fourth-order valence-electron chi connectivity index (χ4n) is 1.99. The largest absolute Gasteiger partial charge is 0.349 e. The summed E-state index contributed by atoms with van der Waals surface area (Å²) < 4.78 is 28.7. The quantitative estimate of drug-likeness (QED) is 0.738. The summed E-state index contributed by atoms with van der Waals surface area (Å²) in [5.41, 5.74) is 0.480. The molecule has 0 saturated carbocycles. The number of aromatic amines is 1. The van der Waals surface area contributed by atoms with Crippen molar-refractivity contribution in [2.24, 2.45) is 0 Å². The van der Waals surface area contributed by atoms with Gasteiger partial charge in [0.1, 0.15) is 11.5 Å². The van der Waals surface area contributed by atoms with E-state index in [1.54, 1.807) is 36.8 Å². The molecule has 0 aromatic carbocycles. The number of fused-ring (bicyclic) bond motifs is 1. The van der Waals surface area contributed by atoms with E-state index in [4.69, 9.17) is 11.6 Å². The van der Waals surface area contributed by atoms with Gasteiger partial charge in [-0.1, -0.05) is 17.7 Å². The van der Waals surface area contributed by atoms with Crippen molar-refractivity contribution in [1.82, 2.24) is 24.1 Å². The molecule has 2 N–H and O–H groups in total. The van der Waals surface area contributed by atoms with Gasteiger partial charge in [0, 0.05) is 31.6 Å². The van der Waals surface area contributed by atoms with Crippen LogP contribution in [-0.4, -0.2) is 34.3 Å². The highest BCUT2D eigenvalue weighted by atomic mass is 35.5. The third-order valence-corrected chi connectivity index (χ3v) is 4.77. The fraction of sp³-hybridized carbons (Fsp3) is 0.167. The summed E-state index contributed by atoms with van der Waals surface area (Å²) in [5.74, 6) is 0.710. The number of pyridine rings is 1. The van der Waals surface area contributed by atoms with Crippen molar-refractivity contribution in [3.8, 4) is 0 Å². The molecule has 7 nitrogen and oxygen atoms in total. The van der Waals surface area contributed by atoms with Gasteiger partial charge in [-0.2, -0.15) is 0 Å². The first-order valence-electron chi connectivity index (χ1n) is 6.18. The molecule has 9 heteroatoms. The van der Waals surface area contributed by atoms with Crippen molar-refractivity contribution in [3.05, 3.63) is 47.8 Å². The van der Waals surface area contributed by atoms with Crippen LogP contribution in [0.15, 0.2) is 41.8 Å². The number of sulfonamides is 1. The second kappa shape index (κ2) is 5.47. The molecule has 0 spiro atoms. The molecule has 3 aromatic rings. The smallest absolute Gasteiger partial charge is 0.259 e. The van der Waals surface area contributed by atoms with E-state index in [1.807, 2.05) is 0 Å². The second-order valence-electron chi connectivity index (χ2n) is 4.32. The molecule has 0 bridgehead atoms. The summed E-state index contributed by atoms with van der Waals surface area (Å²) in [6, 6.07) is 5.17. The van der Waals surface area contributed by atoms with E-state index in [2.05, 4.69) is 19.7 Å². The first kappa shape index (κ1) is 14.1. The van der Waals surface area contributed by atoms with Crippen molar-refractivity contribution >= 4 is 27.3 Å². The number of nitrogens with one attached hydrogen (secondary N) is 2. The predicted octanol–water partition coefficient (Wildman–Crippen LogP) is 1.23. The van der Waals surface area contributed by atoms with Crippen LogP contribution in [0.1, 0.15) is 5.82 Å². The normalized spacial score (nSPS) is 12.0. The number of H-pyrrole nitrogens is 1. The van der Waals surface area contributed by atoms with Gasteiger partial charge in [0.05, 0.1) is 0 Å². The Balaban J connectivity index is 1.84. The molecule has 0 atom stereocenters. The number of hydrogen-bond acceptors (Lipinski definition) is 4. The molecule has 3 aromatic heterocycles. The number of nitrogens with zero attached hydrogens (tertiary/aromatic N) is 3. The van der Waals surface area contributed by atoms with Crippen LogP contribution >= 0.6 is 11.6 Å². The van der Waals surface area contributed by atoms with Crippen LogP contribution in [0.25, 0.3) is 5.65 Å². The van der Waals surface area contributed by atoms with Gasteiger partial charge in [-0.15, -0.1) is 0 Å². The maximum atomic E-state index is 12.4. The molecule has 0 saturated heterocycles. The minimum Gasteiger partial charge on any atom is -0.349 e. The zero-order valence-electron chi connectivity index (χ0n) is 10.8. The molecule has 0 aliphatic heterocycles. The number of aromatic nitrogens is 4. The first-order valence-corrected chi connectivity index (χ1v) is 8.04. The standard InChI is InChI=1S/C12H12ClN5O2S/c13-11-12(18-8-2-1-3-10(18)17-11)21(19,20)16-5-4-9-14-6-7-15-9/h1-3,6-8,16H,4-5H2,(H,14,15). The van der Waals surface area contributed by atoms with E-state index in [-0.39, 0.29) is 16.7 Å². The maximum Gasteiger partial charge on any atom is 0.259 e. The summed E-state index contributed by atoms with van der Waals surface area (Å²) in [7, 11) is -3.75. The Morgan fingerprint density at radius 2 is 2.24 bits per heavy atom. The number of hydrogen-bond donors (Lipinski definition) is 2. The molecule has 3 rings (SSSR count). The van der Waals surface area contributed by atoms with E-state index < -0.39 is 10.0 Å². The van der Waals surface area contributed by atoms with Crippen LogP contribution in [0, 0.1) is 0 Å². The summed E-state index contributed by atoms with van der Waals surface area (Å²) >= 11 is 5.96. The molecule has 0 aliphatic rings. The van der Waals surface area contributed by atoms with Crippen molar-refractivity contribution in [2.45, 2.75) is 11.4 Å². The van der Waals surface area contributed by atoms with Crippen molar-refractivity contribution in [1.29, 1.82) is 0 Å². The molecule has 0 fully saturated rings. The Labute approximate surface area is 126 Å². The lowest BCUT2D eigenvalue weighted by molar-refractivity contribution is 0.576. The van der Waals surface area contributed by atoms with Gasteiger partial charge in [-0.05, 0) is 12.1 Å². The van der Waals surface area contributed by atoms with Crippen LogP contribution < -0.4 is 4.72 Å². The summed E-state index contributed by atoms with van der Waals surface area (Å²) in [6.07, 6.45) is 5.37. The van der Waals surface area contributed by atoms with Gasteiger partial charge in [0.15, 0.2) is 10.2 Å². The molecule has 110 valence electrons. The Morgan fingerprint density at radius 1 is 1.38 bits per heavy atom. The molecular weight excluding hydrogens is 314 g/mol. The van der Waals surface area contributed by atoms with E-state index in [9.17, 15) is 8.42 Å². The summed E-state index contributed by atoms with van der Waals surface area (Å²) in [6.45, 7) is 0.215. The Kier molecular flexibility index (Phi) is 3.66. The van der Waals surface area contributed by atoms with Gasteiger partial charge in [0.25, 0.3) is 10.0 Å². The molecule has 0 amide bonds. The van der Waals surface area contributed by atoms with Crippen molar-refractivity contribution < 1.29 is 8.42 Å². The van der Waals surface area contributed by atoms with Gasteiger partial charge in [-0.25, -0.2) is 23.1 Å². The van der Waals surface area contributed by atoms with E-state index in [1.165, 1.54) is 4.40 Å². The van der Waals surface area contributed by atoms with Gasteiger partial charge in [-0.3, -0.25) is 4.40 Å². The molecule has 3 heterocycles. The Hall–Kier alpha value is -1.90. The third-order valence-electron chi connectivity index (χ3n) is 2.91. The lowest BCUT2D eigenvalue weighted by Crippen LogP contribution is -2.27. The van der Waals surface area contributed by atoms with Crippen molar-refractivity contribution in [2.75, 3.05) is 6.54 Å². The molecule has 0 unspecified atom stereocenters. The highest BCUT2D eigenvalue weighted by Gasteiger charge is 2.23. The highest BCUT2D eigenvalue weighted by molar-refractivity contribution is 7.89. The zero-order valence-corrected chi connectivity index (χ0v) is 12.4. The molecule has 0 aliphatic carbocycles. The minimum absolute atomic E-state index is 0.0494. The molecule has 0 radical (unpaired) electrons. The summed E-state index contributed by atoms with van der Waals surface area (Å²) in [5, 5.41) is -0.106. The molecular formula is C12H12ClN5O2S. The molecule has 21 heavy (non-hydrogen) atoms. The number of imidazole rings is 2. The first-order chi connectivity index (χ1) is 10.1. The lowest BCUT2D eigenvalue weighted by Gasteiger charge is -2.06. The zero-order chi connectivity index (χ0) is 14.9. The second-order valence-corrected chi connectivity index (χ2v) is 6.36. The van der Waals surface area contributed by atoms with Crippen molar-refractivity contribution in [3.63, 3.8) is 0 Å². The average Bonchev–Trinajstić information content (AvgIpc) is 3.04. The maximum absolute atomic E-state index is 12.4. The SMILES string of the molecule is O=S(=O)(NCCc1ncc[nH]1)c1c(Cl)nc2ccccn12. The Bertz CT molecular complexity index is 857. The Morgan fingerprint density at radius 3 is 3.00 bits per heavy atom. The summed E-state index contributed by atoms with van der Waals surface area (Å²) in [4.78, 5) is 11.0.